The molecule has 0 aromatic rings. The number of carbonyl (C=O) groups is 3. The SMILES string of the molecule is CC/C=C\C/C=C\C/C=C\C/C=C\C/C=C\C/C=C\CCCCCCCCCCCCCCC(=O)OC(COC(=O)CCCCCCCCCCCCCCCCCCCCC)COC(OCC[N+](C)(C)C)C(=O)O. The Hall–Kier alpha value is -3.27. The molecule has 0 radical (unpaired) electrons. The summed E-state index contributed by atoms with van der Waals surface area (Å²) in [4.78, 5) is 37.5. The molecule has 9 nitrogen and oxygen atoms in total. The minimum atomic E-state index is -1.51. The van der Waals surface area contributed by atoms with E-state index in [-0.39, 0.29) is 32.2 Å². The zero-order valence-corrected chi connectivity index (χ0v) is 49.4. The Morgan fingerprint density at radius 3 is 1.13 bits per heavy atom. The lowest BCUT2D eigenvalue weighted by molar-refractivity contribution is -0.870. The van der Waals surface area contributed by atoms with Gasteiger partial charge >= 0.3 is 17.9 Å². The molecule has 0 aliphatic heterocycles. The second-order valence-electron chi connectivity index (χ2n) is 22.0. The molecule has 0 amide bonds. The maximum absolute atomic E-state index is 12.9. The number of hydrogen-bond donors (Lipinski definition) is 1. The molecule has 0 aromatic heterocycles. The van der Waals surface area contributed by atoms with E-state index in [0.29, 0.717) is 17.4 Å². The number of unbranched alkanes of at least 4 members (excludes halogenated alkanes) is 30. The van der Waals surface area contributed by atoms with E-state index in [4.69, 9.17) is 18.9 Å². The van der Waals surface area contributed by atoms with Gasteiger partial charge in [0, 0.05) is 12.8 Å². The van der Waals surface area contributed by atoms with Crippen LogP contribution in [0.25, 0.3) is 0 Å². The Kier molecular flexibility index (Phi) is 54.4. The summed E-state index contributed by atoms with van der Waals surface area (Å²) in [5, 5.41) is 9.72. The number of carboxylic acid groups (broad SMARTS) is 1. The van der Waals surface area contributed by atoms with Gasteiger partial charge in [-0.2, -0.15) is 0 Å². The van der Waals surface area contributed by atoms with Crippen LogP contribution >= 0.6 is 0 Å². The first-order chi connectivity index (χ1) is 36.6. The van der Waals surface area contributed by atoms with E-state index < -0.39 is 24.3 Å². The van der Waals surface area contributed by atoms with Gasteiger partial charge in [-0.05, 0) is 64.2 Å². The molecular weight excluding hydrogens is 935 g/mol. The van der Waals surface area contributed by atoms with Crippen molar-refractivity contribution in [1.29, 1.82) is 0 Å². The summed E-state index contributed by atoms with van der Waals surface area (Å²) >= 11 is 0. The first-order valence-corrected chi connectivity index (χ1v) is 31.1. The van der Waals surface area contributed by atoms with Crippen LogP contribution in [0, 0.1) is 0 Å². The van der Waals surface area contributed by atoms with Gasteiger partial charge in [-0.1, -0.05) is 267 Å². The van der Waals surface area contributed by atoms with E-state index in [1.165, 1.54) is 161 Å². The smallest absolute Gasteiger partial charge is 0.361 e. The Morgan fingerprint density at radius 1 is 0.413 bits per heavy atom. The van der Waals surface area contributed by atoms with Crippen LogP contribution < -0.4 is 0 Å². The highest BCUT2D eigenvalue weighted by molar-refractivity contribution is 5.71. The molecule has 75 heavy (non-hydrogen) atoms. The van der Waals surface area contributed by atoms with Crippen LogP contribution in [0.2, 0.25) is 0 Å². The molecule has 9 heteroatoms. The summed E-state index contributed by atoms with van der Waals surface area (Å²) in [6.07, 6.45) is 71.3. The Bertz CT molecular complexity index is 1460. The summed E-state index contributed by atoms with van der Waals surface area (Å²) in [7, 11) is 5.97. The Labute approximate surface area is 462 Å². The summed E-state index contributed by atoms with van der Waals surface area (Å²) < 4.78 is 22.9. The van der Waals surface area contributed by atoms with E-state index in [2.05, 4.69) is 86.8 Å². The molecule has 0 aromatic carbocycles. The van der Waals surface area contributed by atoms with Crippen LogP contribution in [-0.4, -0.2) is 87.4 Å². The lowest BCUT2D eigenvalue weighted by Gasteiger charge is -2.25. The molecule has 0 fully saturated rings. The summed E-state index contributed by atoms with van der Waals surface area (Å²) in [6.45, 7) is 4.79. The second kappa shape index (κ2) is 56.9. The lowest BCUT2D eigenvalue weighted by atomic mass is 10.0. The number of likely N-dealkylation sites (N-methyl/N-ethyl adjacent to an activating group) is 1. The van der Waals surface area contributed by atoms with E-state index in [1.54, 1.807) is 0 Å². The van der Waals surface area contributed by atoms with E-state index in [0.717, 1.165) is 83.5 Å². The van der Waals surface area contributed by atoms with Crippen molar-refractivity contribution in [3.63, 3.8) is 0 Å². The number of hydrogen-bond acceptors (Lipinski definition) is 7. The average Bonchev–Trinajstić information content (AvgIpc) is 3.38. The average molecular weight is 1050 g/mol. The molecule has 0 rings (SSSR count). The molecular formula is C66H118NO8+. The molecule has 0 heterocycles. The van der Waals surface area contributed by atoms with E-state index >= 15 is 0 Å². The monoisotopic (exact) mass is 1050 g/mol. The minimum Gasteiger partial charge on any atom is -0.477 e. The van der Waals surface area contributed by atoms with E-state index in [9.17, 15) is 19.5 Å². The first kappa shape index (κ1) is 71.7. The zero-order chi connectivity index (χ0) is 54.8. The van der Waals surface area contributed by atoms with Crippen molar-refractivity contribution in [2.75, 3.05) is 47.5 Å². The van der Waals surface area contributed by atoms with Crippen molar-refractivity contribution in [1.82, 2.24) is 0 Å². The molecule has 1 N–H and O–H groups in total. The molecule has 2 atom stereocenters. The van der Waals surface area contributed by atoms with Crippen LogP contribution in [-0.2, 0) is 33.3 Å². The topological polar surface area (TPSA) is 108 Å². The molecule has 0 saturated heterocycles. The van der Waals surface area contributed by atoms with Crippen molar-refractivity contribution in [3.05, 3.63) is 72.9 Å². The quantitative estimate of drug-likeness (QED) is 0.0211. The highest BCUT2D eigenvalue weighted by Crippen LogP contribution is 2.17. The molecule has 2 unspecified atom stereocenters. The third kappa shape index (κ3) is 58.3. The van der Waals surface area contributed by atoms with Gasteiger partial charge in [0.05, 0.1) is 34.4 Å². The van der Waals surface area contributed by atoms with Crippen LogP contribution in [0.15, 0.2) is 72.9 Å². The van der Waals surface area contributed by atoms with Crippen molar-refractivity contribution in [3.8, 4) is 0 Å². The lowest BCUT2D eigenvalue weighted by Crippen LogP contribution is -2.40. The fourth-order valence-corrected chi connectivity index (χ4v) is 8.72. The van der Waals surface area contributed by atoms with Crippen molar-refractivity contribution < 1.29 is 42.9 Å². The molecule has 0 bridgehead atoms. The van der Waals surface area contributed by atoms with Crippen molar-refractivity contribution >= 4 is 17.9 Å². The largest absolute Gasteiger partial charge is 0.477 e. The van der Waals surface area contributed by atoms with Gasteiger partial charge < -0.3 is 28.5 Å². The number of rotatable bonds is 57. The van der Waals surface area contributed by atoms with Gasteiger partial charge in [-0.3, -0.25) is 9.59 Å². The summed E-state index contributed by atoms with van der Waals surface area (Å²) in [5.74, 6) is -2.00. The molecule has 0 spiro atoms. The predicted molar refractivity (Wildman–Crippen MR) is 318 cm³/mol. The molecule has 434 valence electrons. The number of esters is 2. The van der Waals surface area contributed by atoms with Gasteiger partial charge in [0.2, 0.25) is 0 Å². The van der Waals surface area contributed by atoms with Gasteiger partial charge in [0.25, 0.3) is 6.29 Å². The van der Waals surface area contributed by atoms with Gasteiger partial charge in [-0.25, -0.2) is 4.79 Å². The number of aliphatic carboxylic acids is 1. The highest BCUT2D eigenvalue weighted by Gasteiger charge is 2.25. The number of ether oxygens (including phenoxy) is 4. The van der Waals surface area contributed by atoms with Crippen LogP contribution in [0.5, 0.6) is 0 Å². The maximum atomic E-state index is 12.9. The first-order valence-electron chi connectivity index (χ1n) is 31.1. The van der Waals surface area contributed by atoms with Gasteiger partial charge in [-0.15, -0.1) is 0 Å². The Balaban J connectivity index is 4.18. The normalized spacial score (nSPS) is 13.2. The standard InChI is InChI=1S/C66H117NO8/c1-6-8-10-12-14-16-18-20-22-24-26-27-28-29-30-31-32-33-34-35-36-37-39-41-43-45-47-49-51-53-55-57-64(69)75-62(61-74-66(65(70)71)72-59-58-67(3,4)5)60-73-63(68)56-54-52-50-48-46-44-42-40-38-25-23-21-19-17-15-13-11-9-7-2/h8,10,14,16,20,22,26-27,29-30,32-33,62,66H,6-7,9,11-13,15,17-19,21,23-25,28,31,34-61H2,1-5H3/p+1/b10-8-,16-14-,22-20-,27-26-,30-29-,33-32-. The maximum Gasteiger partial charge on any atom is 0.361 e. The molecule has 0 saturated carbocycles. The van der Waals surface area contributed by atoms with E-state index in [1.807, 2.05) is 21.1 Å². The predicted octanol–water partition coefficient (Wildman–Crippen LogP) is 18.6. The van der Waals surface area contributed by atoms with Crippen LogP contribution in [0.4, 0.5) is 0 Å². The van der Waals surface area contributed by atoms with Crippen LogP contribution in [0.1, 0.15) is 271 Å². The van der Waals surface area contributed by atoms with Gasteiger partial charge in [0.15, 0.2) is 6.10 Å². The van der Waals surface area contributed by atoms with Gasteiger partial charge in [0.1, 0.15) is 13.2 Å². The number of carboxylic acids is 1. The third-order valence-electron chi connectivity index (χ3n) is 13.5. The fourth-order valence-electron chi connectivity index (χ4n) is 8.72. The number of quaternary nitrogens is 1. The molecule has 0 aliphatic rings. The third-order valence-corrected chi connectivity index (χ3v) is 13.5. The number of carbonyl (C=O) groups excluding carboxylic acids is 2. The second-order valence-corrected chi connectivity index (χ2v) is 22.0. The van der Waals surface area contributed by atoms with Crippen molar-refractivity contribution in [2.24, 2.45) is 0 Å². The molecule has 0 aliphatic carbocycles. The summed E-state index contributed by atoms with van der Waals surface area (Å²) in [5.41, 5.74) is 0. The minimum absolute atomic E-state index is 0.181. The highest BCUT2D eigenvalue weighted by atomic mass is 16.7. The van der Waals surface area contributed by atoms with Crippen molar-refractivity contribution in [2.45, 2.75) is 283 Å². The summed E-state index contributed by atoms with van der Waals surface area (Å²) in [6, 6.07) is 0. The number of allylic oxidation sites excluding steroid dienone is 12. The fraction of sp³-hybridized carbons (Fsp3) is 0.773. The van der Waals surface area contributed by atoms with Crippen LogP contribution in [0.3, 0.4) is 0 Å². The number of nitrogens with zero attached hydrogens (tertiary/aromatic N) is 1. The zero-order valence-electron chi connectivity index (χ0n) is 49.4. The Morgan fingerprint density at radius 2 is 0.760 bits per heavy atom.